The smallest absolute Gasteiger partial charge is 0.235 e. The third-order valence-electron chi connectivity index (χ3n) is 4.60. The highest BCUT2D eigenvalue weighted by Crippen LogP contribution is 2.46. The lowest BCUT2D eigenvalue weighted by molar-refractivity contribution is -0.113. The summed E-state index contributed by atoms with van der Waals surface area (Å²) in [5, 5.41) is 12.7. The Kier molecular flexibility index (Phi) is 5.06. The van der Waals surface area contributed by atoms with Crippen LogP contribution in [0.3, 0.4) is 0 Å². The number of fused-ring (bicyclic) bond motifs is 1. The molecule has 2 aromatic carbocycles. The van der Waals surface area contributed by atoms with Gasteiger partial charge < -0.3 is 19.9 Å². The van der Waals surface area contributed by atoms with E-state index in [-0.39, 0.29) is 40.0 Å². The van der Waals surface area contributed by atoms with E-state index in [1.54, 1.807) is 30.6 Å². The summed E-state index contributed by atoms with van der Waals surface area (Å²) in [6.07, 6.45) is 1.59. The molecular formula is C20H18FN3O4S. The average Bonchev–Trinajstić information content (AvgIpc) is 3.04. The minimum absolute atomic E-state index is 0.0983. The van der Waals surface area contributed by atoms with Crippen LogP contribution in [-0.2, 0) is 4.79 Å². The number of methoxy groups -OCH3 is 2. The number of thioether (sulfide) groups is 1. The number of aromatic nitrogens is 2. The summed E-state index contributed by atoms with van der Waals surface area (Å²) in [4.78, 5) is 16.5. The molecule has 29 heavy (non-hydrogen) atoms. The third-order valence-corrected chi connectivity index (χ3v) is 5.86. The Labute approximate surface area is 170 Å². The number of nitrogens with zero attached hydrogens (tertiary/aromatic N) is 2. The number of hydrogen-bond donors (Lipinski definition) is 2. The van der Waals surface area contributed by atoms with Crippen molar-refractivity contribution in [2.75, 3.05) is 25.3 Å². The number of hydrogen-bond acceptors (Lipinski definition) is 6. The van der Waals surface area contributed by atoms with Gasteiger partial charge >= 0.3 is 0 Å². The molecule has 3 aromatic rings. The second-order valence-electron chi connectivity index (χ2n) is 6.34. The van der Waals surface area contributed by atoms with Crippen molar-refractivity contribution in [3.8, 4) is 22.9 Å². The third kappa shape index (κ3) is 3.49. The van der Waals surface area contributed by atoms with E-state index in [1.807, 2.05) is 4.57 Å². The van der Waals surface area contributed by atoms with Crippen molar-refractivity contribution in [3.05, 3.63) is 59.8 Å². The predicted octanol–water partition coefficient (Wildman–Crippen LogP) is 3.51. The van der Waals surface area contributed by atoms with Crippen molar-refractivity contribution in [2.24, 2.45) is 0 Å². The Morgan fingerprint density at radius 3 is 2.48 bits per heavy atom. The van der Waals surface area contributed by atoms with Crippen LogP contribution >= 0.6 is 11.8 Å². The summed E-state index contributed by atoms with van der Waals surface area (Å²) in [7, 11) is 2.91. The molecule has 9 heteroatoms. The van der Waals surface area contributed by atoms with Crippen LogP contribution in [-0.4, -0.2) is 40.5 Å². The molecule has 1 amide bonds. The molecule has 0 aliphatic carbocycles. The van der Waals surface area contributed by atoms with Crippen LogP contribution in [0.2, 0.25) is 0 Å². The highest BCUT2D eigenvalue weighted by molar-refractivity contribution is 8.00. The molecule has 0 spiro atoms. The first kappa shape index (κ1) is 19.1. The first-order valence-electron chi connectivity index (χ1n) is 8.71. The molecule has 1 aliphatic heterocycles. The second kappa shape index (κ2) is 7.67. The number of phenols is 1. The first-order valence-corrected chi connectivity index (χ1v) is 9.76. The summed E-state index contributed by atoms with van der Waals surface area (Å²) >= 11 is 1.41. The molecule has 4 rings (SSSR count). The van der Waals surface area contributed by atoms with E-state index in [9.17, 15) is 14.3 Å². The van der Waals surface area contributed by atoms with Crippen molar-refractivity contribution in [2.45, 2.75) is 5.25 Å². The van der Waals surface area contributed by atoms with Gasteiger partial charge in [-0.25, -0.2) is 9.37 Å². The summed E-state index contributed by atoms with van der Waals surface area (Å²) in [6.45, 7) is 0. The zero-order chi connectivity index (χ0) is 20.5. The zero-order valence-corrected chi connectivity index (χ0v) is 16.5. The number of halogens is 1. The number of aromatic hydroxyl groups is 1. The summed E-state index contributed by atoms with van der Waals surface area (Å²) < 4.78 is 25.8. The average molecular weight is 415 g/mol. The maximum atomic E-state index is 13.4. The summed E-state index contributed by atoms with van der Waals surface area (Å²) in [6, 6.07) is 9.43. The molecule has 0 radical (unpaired) electrons. The van der Waals surface area contributed by atoms with Gasteiger partial charge in [-0.15, -0.1) is 11.8 Å². The highest BCUT2D eigenvalue weighted by Gasteiger charge is 2.30. The number of carbonyl (C=O) groups excluding carboxylic acids is 1. The van der Waals surface area contributed by atoms with Gasteiger partial charge in [0, 0.05) is 5.69 Å². The van der Waals surface area contributed by atoms with Crippen molar-refractivity contribution in [3.63, 3.8) is 0 Å². The van der Waals surface area contributed by atoms with Gasteiger partial charge in [0.05, 0.1) is 30.9 Å². The van der Waals surface area contributed by atoms with Crippen LogP contribution in [0, 0.1) is 5.82 Å². The molecule has 1 aliphatic rings. The highest BCUT2D eigenvalue weighted by atomic mass is 32.2. The molecule has 7 nitrogen and oxygen atoms in total. The fourth-order valence-corrected chi connectivity index (χ4v) is 4.34. The van der Waals surface area contributed by atoms with Gasteiger partial charge in [-0.3, -0.25) is 9.36 Å². The number of nitrogens with one attached hydrogen (secondary N) is 1. The SMILES string of the molecule is COc1cc([C@@H]2SCC(=O)Nc3ncn(-c4ccc(F)cc4)c32)cc(OC)c1O. The lowest BCUT2D eigenvalue weighted by Crippen LogP contribution is -2.12. The molecular weight excluding hydrogens is 397 g/mol. The van der Waals surface area contributed by atoms with Crippen molar-refractivity contribution < 1.29 is 23.8 Å². The Morgan fingerprint density at radius 1 is 1.21 bits per heavy atom. The van der Waals surface area contributed by atoms with E-state index in [1.165, 1.54) is 38.1 Å². The second-order valence-corrected chi connectivity index (χ2v) is 7.43. The molecule has 1 atom stereocenters. The van der Waals surface area contributed by atoms with Crippen LogP contribution in [0.1, 0.15) is 16.5 Å². The van der Waals surface area contributed by atoms with Crippen LogP contribution in [0.15, 0.2) is 42.7 Å². The maximum Gasteiger partial charge on any atom is 0.235 e. The van der Waals surface area contributed by atoms with Gasteiger partial charge in [-0.2, -0.15) is 0 Å². The lowest BCUT2D eigenvalue weighted by atomic mass is 10.1. The topological polar surface area (TPSA) is 85.6 Å². The fourth-order valence-electron chi connectivity index (χ4n) is 3.24. The molecule has 2 N–H and O–H groups in total. The van der Waals surface area contributed by atoms with Gasteiger partial charge in [0.1, 0.15) is 12.1 Å². The van der Waals surface area contributed by atoms with Gasteiger partial charge in [-0.05, 0) is 42.0 Å². The van der Waals surface area contributed by atoms with Crippen LogP contribution < -0.4 is 14.8 Å². The van der Waals surface area contributed by atoms with E-state index >= 15 is 0 Å². The Hall–Kier alpha value is -3.20. The van der Waals surface area contributed by atoms with Crippen molar-refractivity contribution in [1.29, 1.82) is 0 Å². The molecule has 0 saturated heterocycles. The van der Waals surface area contributed by atoms with E-state index in [0.29, 0.717) is 11.5 Å². The van der Waals surface area contributed by atoms with Crippen molar-refractivity contribution >= 4 is 23.5 Å². The number of imidazole rings is 1. The summed E-state index contributed by atoms with van der Waals surface area (Å²) in [5.41, 5.74) is 2.20. The van der Waals surface area contributed by atoms with Crippen molar-refractivity contribution in [1.82, 2.24) is 9.55 Å². The van der Waals surface area contributed by atoms with E-state index in [4.69, 9.17) is 9.47 Å². The monoisotopic (exact) mass is 415 g/mol. The normalized spacial score (nSPS) is 16.0. The number of phenolic OH excluding ortho intramolecular Hbond substituents is 1. The van der Waals surface area contributed by atoms with Gasteiger partial charge in [0.2, 0.25) is 11.7 Å². The molecule has 2 heterocycles. The molecule has 0 fully saturated rings. The number of benzene rings is 2. The zero-order valence-electron chi connectivity index (χ0n) is 15.7. The van der Waals surface area contributed by atoms with Crippen LogP contribution in [0.25, 0.3) is 5.69 Å². The number of anilines is 1. The minimum atomic E-state index is -0.341. The number of carbonyl (C=O) groups is 1. The standard InChI is InChI=1S/C20H18FN3O4S/c1-27-14-7-11(8-15(28-2)18(14)26)19-17-20(23-16(25)9-29-19)22-10-24(17)13-5-3-12(21)4-6-13/h3-8,10,19,26H,9H2,1-2H3,(H,23,25)/t19-/m0/s1. The Balaban J connectivity index is 1.90. The fraction of sp³-hybridized carbons (Fsp3) is 0.200. The van der Waals surface area contributed by atoms with Gasteiger partial charge in [0.15, 0.2) is 17.3 Å². The summed E-state index contributed by atoms with van der Waals surface area (Å²) in [5.74, 6) is 0.568. The number of ether oxygens (including phenoxy) is 2. The maximum absolute atomic E-state index is 13.4. The number of rotatable bonds is 4. The minimum Gasteiger partial charge on any atom is -0.502 e. The van der Waals surface area contributed by atoms with Gasteiger partial charge in [0.25, 0.3) is 0 Å². The molecule has 1 aromatic heterocycles. The Morgan fingerprint density at radius 2 is 1.86 bits per heavy atom. The first-order chi connectivity index (χ1) is 14.0. The van der Waals surface area contributed by atoms with E-state index in [0.717, 1.165) is 11.3 Å². The quantitative estimate of drug-likeness (QED) is 0.678. The van der Waals surface area contributed by atoms with E-state index < -0.39 is 0 Å². The lowest BCUT2D eigenvalue weighted by Gasteiger charge is -2.20. The molecule has 150 valence electrons. The van der Waals surface area contributed by atoms with Crippen LogP contribution in [0.4, 0.5) is 10.2 Å². The number of amides is 1. The molecule has 0 bridgehead atoms. The predicted molar refractivity (Wildman–Crippen MR) is 108 cm³/mol. The Bertz CT molecular complexity index is 1040. The molecule has 0 saturated carbocycles. The van der Waals surface area contributed by atoms with Crippen LogP contribution in [0.5, 0.6) is 17.2 Å². The molecule has 0 unspecified atom stereocenters. The van der Waals surface area contributed by atoms with Gasteiger partial charge in [-0.1, -0.05) is 0 Å². The van der Waals surface area contributed by atoms with E-state index in [2.05, 4.69) is 10.3 Å². The largest absolute Gasteiger partial charge is 0.502 e.